The molecule has 0 saturated heterocycles. The first-order valence-corrected chi connectivity index (χ1v) is 8.57. The summed E-state index contributed by atoms with van der Waals surface area (Å²) in [7, 11) is 0. The zero-order valence-corrected chi connectivity index (χ0v) is 15.4. The van der Waals surface area contributed by atoms with Crippen LogP contribution in [0.5, 0.6) is 5.88 Å². The molecule has 1 N–H and O–H groups in total. The van der Waals surface area contributed by atoms with Crippen molar-refractivity contribution in [3.8, 4) is 5.88 Å². The van der Waals surface area contributed by atoms with E-state index < -0.39 is 5.54 Å². The van der Waals surface area contributed by atoms with E-state index in [0.29, 0.717) is 30.1 Å². The topological polar surface area (TPSA) is 90.1 Å². The van der Waals surface area contributed by atoms with E-state index in [1.54, 1.807) is 32.9 Å². The summed E-state index contributed by atoms with van der Waals surface area (Å²) in [6.45, 7) is 5.94. The summed E-state index contributed by atoms with van der Waals surface area (Å²) in [4.78, 5) is 21.0. The third-order valence-corrected chi connectivity index (χ3v) is 4.32. The van der Waals surface area contributed by atoms with Gasteiger partial charge in [-0.1, -0.05) is 5.16 Å². The SMILES string of the molecule is Cc1nc(C(C)(C)NC(=O)c2ccc(Br)c(OCC3CC3)n2)no1. The second kappa shape index (κ2) is 6.51. The lowest BCUT2D eigenvalue weighted by Gasteiger charge is -2.22. The van der Waals surface area contributed by atoms with Crippen LogP contribution in [0.15, 0.2) is 21.1 Å². The van der Waals surface area contributed by atoms with Crippen molar-refractivity contribution in [1.29, 1.82) is 0 Å². The van der Waals surface area contributed by atoms with Gasteiger partial charge in [-0.2, -0.15) is 4.98 Å². The van der Waals surface area contributed by atoms with Crippen molar-refractivity contribution in [3.63, 3.8) is 0 Å². The smallest absolute Gasteiger partial charge is 0.270 e. The van der Waals surface area contributed by atoms with E-state index in [0.717, 1.165) is 4.47 Å². The molecule has 1 fully saturated rings. The minimum Gasteiger partial charge on any atom is -0.477 e. The zero-order chi connectivity index (χ0) is 17.3. The minimum absolute atomic E-state index is 0.275. The van der Waals surface area contributed by atoms with E-state index in [4.69, 9.17) is 9.26 Å². The van der Waals surface area contributed by atoms with E-state index >= 15 is 0 Å². The third kappa shape index (κ3) is 3.92. The van der Waals surface area contributed by atoms with Crippen molar-refractivity contribution in [1.82, 2.24) is 20.4 Å². The van der Waals surface area contributed by atoms with Crippen molar-refractivity contribution < 1.29 is 14.1 Å². The molecule has 24 heavy (non-hydrogen) atoms. The molecule has 0 atom stereocenters. The van der Waals surface area contributed by atoms with Gasteiger partial charge in [0.2, 0.25) is 11.8 Å². The third-order valence-electron chi connectivity index (χ3n) is 3.71. The molecule has 0 aromatic carbocycles. The normalized spacial score (nSPS) is 14.5. The molecule has 3 rings (SSSR count). The molecule has 0 spiro atoms. The van der Waals surface area contributed by atoms with Crippen LogP contribution in [0.25, 0.3) is 0 Å². The number of nitrogens with zero attached hydrogens (tertiary/aromatic N) is 3. The van der Waals surface area contributed by atoms with Gasteiger partial charge in [0, 0.05) is 6.92 Å². The van der Waals surface area contributed by atoms with E-state index in [1.807, 2.05) is 0 Å². The van der Waals surface area contributed by atoms with Crippen LogP contribution >= 0.6 is 15.9 Å². The van der Waals surface area contributed by atoms with E-state index in [-0.39, 0.29) is 11.6 Å². The van der Waals surface area contributed by atoms with Gasteiger partial charge in [-0.15, -0.1) is 0 Å². The highest BCUT2D eigenvalue weighted by Crippen LogP contribution is 2.31. The molecule has 8 heteroatoms. The largest absolute Gasteiger partial charge is 0.477 e. The molecule has 2 heterocycles. The first-order valence-electron chi connectivity index (χ1n) is 7.78. The van der Waals surface area contributed by atoms with Gasteiger partial charge in [0.25, 0.3) is 5.91 Å². The molecule has 1 amide bonds. The Balaban J connectivity index is 1.72. The minimum atomic E-state index is -0.779. The van der Waals surface area contributed by atoms with Crippen LogP contribution in [0, 0.1) is 12.8 Å². The Morgan fingerprint density at radius 1 is 1.42 bits per heavy atom. The highest BCUT2D eigenvalue weighted by molar-refractivity contribution is 9.10. The molecule has 0 unspecified atom stereocenters. The molecule has 1 saturated carbocycles. The molecular weight excluding hydrogens is 376 g/mol. The number of nitrogens with one attached hydrogen (secondary N) is 1. The lowest BCUT2D eigenvalue weighted by atomic mass is 10.0. The van der Waals surface area contributed by atoms with E-state index in [1.165, 1.54) is 12.8 Å². The fourth-order valence-corrected chi connectivity index (χ4v) is 2.42. The van der Waals surface area contributed by atoms with Gasteiger partial charge >= 0.3 is 0 Å². The first-order chi connectivity index (χ1) is 11.3. The Bertz CT molecular complexity index is 756. The van der Waals surface area contributed by atoms with Crippen LogP contribution in [-0.4, -0.2) is 27.6 Å². The Hall–Kier alpha value is -1.96. The second-order valence-electron chi connectivity index (χ2n) is 6.45. The summed E-state index contributed by atoms with van der Waals surface area (Å²) in [6.07, 6.45) is 2.38. The number of pyridine rings is 1. The summed E-state index contributed by atoms with van der Waals surface area (Å²) < 4.78 is 11.4. The molecule has 0 radical (unpaired) electrons. The van der Waals surface area contributed by atoms with Crippen LogP contribution in [0.2, 0.25) is 0 Å². The maximum Gasteiger partial charge on any atom is 0.270 e. The Morgan fingerprint density at radius 2 is 2.17 bits per heavy atom. The van der Waals surface area contributed by atoms with Gasteiger partial charge in [0.1, 0.15) is 5.69 Å². The van der Waals surface area contributed by atoms with Crippen molar-refractivity contribution in [3.05, 3.63) is 34.0 Å². The molecule has 1 aliphatic carbocycles. The highest BCUT2D eigenvalue weighted by Gasteiger charge is 2.29. The standard InChI is InChI=1S/C16H19BrN4O3/c1-9-18-15(21-24-9)16(2,3)20-13(22)12-7-6-11(17)14(19-12)23-8-10-4-5-10/h6-7,10H,4-5,8H2,1-3H3,(H,20,22). The fraction of sp³-hybridized carbons (Fsp3) is 0.500. The van der Waals surface area contributed by atoms with Crippen LogP contribution in [0.3, 0.4) is 0 Å². The number of amides is 1. The van der Waals surface area contributed by atoms with E-state index in [2.05, 4.69) is 36.4 Å². The zero-order valence-electron chi connectivity index (χ0n) is 13.8. The van der Waals surface area contributed by atoms with Crippen molar-refractivity contribution in [2.24, 2.45) is 5.92 Å². The van der Waals surface area contributed by atoms with Gasteiger partial charge in [0.15, 0.2) is 5.82 Å². The number of ether oxygens (including phenoxy) is 1. The lowest BCUT2D eigenvalue weighted by molar-refractivity contribution is 0.0901. The average molecular weight is 395 g/mol. The van der Waals surface area contributed by atoms with Gasteiger partial charge in [0.05, 0.1) is 16.6 Å². The Kier molecular flexibility index (Phi) is 4.58. The van der Waals surface area contributed by atoms with Gasteiger partial charge in [-0.3, -0.25) is 4.79 Å². The maximum absolute atomic E-state index is 12.5. The fourth-order valence-electron chi connectivity index (χ4n) is 2.09. The molecule has 128 valence electrons. The van der Waals surface area contributed by atoms with Crippen LogP contribution in [-0.2, 0) is 5.54 Å². The van der Waals surface area contributed by atoms with E-state index in [9.17, 15) is 4.79 Å². The Labute approximate surface area is 148 Å². The van der Waals surface area contributed by atoms with Crippen LogP contribution in [0.1, 0.15) is 48.9 Å². The summed E-state index contributed by atoms with van der Waals surface area (Å²) >= 11 is 3.40. The maximum atomic E-state index is 12.5. The molecule has 1 aliphatic rings. The number of aryl methyl sites for hydroxylation is 1. The summed E-state index contributed by atoms with van der Waals surface area (Å²) in [6, 6.07) is 3.40. The number of rotatable bonds is 6. The molecule has 7 nitrogen and oxygen atoms in total. The monoisotopic (exact) mass is 394 g/mol. The molecule has 2 aromatic rings. The Morgan fingerprint density at radius 3 is 2.79 bits per heavy atom. The average Bonchev–Trinajstić information content (AvgIpc) is 3.24. The lowest BCUT2D eigenvalue weighted by Crippen LogP contribution is -2.42. The highest BCUT2D eigenvalue weighted by atomic mass is 79.9. The van der Waals surface area contributed by atoms with Crippen LogP contribution in [0.4, 0.5) is 0 Å². The summed E-state index contributed by atoms with van der Waals surface area (Å²) in [5.74, 6) is 1.58. The van der Waals surface area contributed by atoms with Crippen molar-refractivity contribution in [2.45, 2.75) is 39.2 Å². The van der Waals surface area contributed by atoms with Gasteiger partial charge < -0.3 is 14.6 Å². The summed E-state index contributed by atoms with van der Waals surface area (Å²) in [5, 5.41) is 6.74. The second-order valence-corrected chi connectivity index (χ2v) is 7.31. The van der Waals surface area contributed by atoms with Crippen LogP contribution < -0.4 is 10.1 Å². The van der Waals surface area contributed by atoms with Gasteiger partial charge in [-0.05, 0) is 60.7 Å². The predicted octanol–water partition coefficient (Wildman–Crippen LogP) is 2.99. The summed E-state index contributed by atoms with van der Waals surface area (Å²) in [5.41, 5.74) is -0.504. The molecular formula is C16H19BrN4O3. The van der Waals surface area contributed by atoms with Crippen molar-refractivity contribution >= 4 is 21.8 Å². The predicted molar refractivity (Wildman–Crippen MR) is 89.7 cm³/mol. The quantitative estimate of drug-likeness (QED) is 0.809. The number of hydrogen-bond acceptors (Lipinski definition) is 6. The van der Waals surface area contributed by atoms with Gasteiger partial charge in [-0.25, -0.2) is 4.98 Å². The number of halogens is 1. The molecule has 2 aromatic heterocycles. The van der Waals surface area contributed by atoms with Crippen molar-refractivity contribution in [2.75, 3.05) is 6.61 Å². The molecule has 0 aliphatic heterocycles. The number of carbonyl (C=O) groups excluding carboxylic acids is 1. The first kappa shape index (κ1) is 16.9. The molecule has 0 bridgehead atoms. The number of aromatic nitrogens is 3. The number of carbonyl (C=O) groups is 1. The number of hydrogen-bond donors (Lipinski definition) is 1.